The van der Waals surface area contributed by atoms with Crippen molar-refractivity contribution in [3.63, 3.8) is 0 Å². The molecule has 0 saturated heterocycles. The molecule has 1 atom stereocenters. The minimum absolute atomic E-state index is 0.0614. The maximum absolute atomic E-state index is 13.1. The number of amides is 2. The van der Waals surface area contributed by atoms with E-state index in [9.17, 15) is 9.59 Å². The first-order chi connectivity index (χ1) is 15.1. The highest BCUT2D eigenvalue weighted by Gasteiger charge is 2.34. The fourth-order valence-electron chi connectivity index (χ4n) is 3.82. The fourth-order valence-corrected chi connectivity index (χ4v) is 3.82. The molecule has 1 heterocycles. The molecule has 0 unspecified atom stereocenters. The Morgan fingerprint density at radius 3 is 2.16 bits per heavy atom. The van der Waals surface area contributed by atoms with E-state index in [1.54, 1.807) is 43.4 Å². The van der Waals surface area contributed by atoms with Crippen LogP contribution in [0.2, 0.25) is 0 Å². The number of carbonyl (C=O) groups excluding carboxylic acids is 2. The molecule has 6 nitrogen and oxygen atoms in total. The number of hydrogen-bond acceptors (Lipinski definition) is 4. The van der Waals surface area contributed by atoms with Gasteiger partial charge in [0.1, 0.15) is 11.5 Å². The summed E-state index contributed by atoms with van der Waals surface area (Å²) in [5.41, 5.74) is 3.22. The van der Waals surface area contributed by atoms with Gasteiger partial charge in [0.25, 0.3) is 5.91 Å². The molecule has 6 heteroatoms. The second-order valence-corrected chi connectivity index (χ2v) is 7.36. The molecular formula is C25H24N2O4. The number of nitrogens with one attached hydrogen (secondary N) is 1. The van der Waals surface area contributed by atoms with Crippen molar-refractivity contribution < 1.29 is 19.1 Å². The summed E-state index contributed by atoms with van der Waals surface area (Å²) in [6.07, 6.45) is 0.137. The highest BCUT2D eigenvalue weighted by Crippen LogP contribution is 2.34. The van der Waals surface area contributed by atoms with Crippen molar-refractivity contribution in [2.24, 2.45) is 0 Å². The van der Waals surface area contributed by atoms with Gasteiger partial charge in [-0.05, 0) is 53.6 Å². The van der Waals surface area contributed by atoms with Crippen LogP contribution in [0.5, 0.6) is 11.5 Å². The maximum Gasteiger partial charge on any atom is 0.255 e. The lowest BCUT2D eigenvalue weighted by Gasteiger charge is -2.28. The summed E-state index contributed by atoms with van der Waals surface area (Å²) in [5, 5.41) is 2.92. The molecule has 0 aliphatic carbocycles. The molecule has 1 N–H and O–H groups in total. The Morgan fingerprint density at radius 1 is 0.935 bits per heavy atom. The quantitative estimate of drug-likeness (QED) is 0.619. The average Bonchev–Trinajstić information content (AvgIpc) is 3.14. The van der Waals surface area contributed by atoms with E-state index >= 15 is 0 Å². The van der Waals surface area contributed by atoms with E-state index in [2.05, 4.69) is 5.32 Å². The molecule has 31 heavy (non-hydrogen) atoms. The Kier molecular flexibility index (Phi) is 5.89. The number of hydrogen-bond donors (Lipinski definition) is 1. The molecule has 2 amide bonds. The molecule has 1 aliphatic heterocycles. The Labute approximate surface area is 181 Å². The normalized spacial score (nSPS) is 13.5. The van der Waals surface area contributed by atoms with Crippen LogP contribution in [0.15, 0.2) is 72.8 Å². The molecule has 3 aromatic carbocycles. The van der Waals surface area contributed by atoms with Gasteiger partial charge >= 0.3 is 0 Å². The van der Waals surface area contributed by atoms with Crippen molar-refractivity contribution in [3.05, 3.63) is 89.5 Å². The van der Waals surface area contributed by atoms with E-state index in [1.165, 1.54) is 0 Å². The van der Waals surface area contributed by atoms with Gasteiger partial charge in [0.15, 0.2) is 0 Å². The molecule has 158 valence electrons. The van der Waals surface area contributed by atoms with Crippen LogP contribution in [0.25, 0.3) is 0 Å². The van der Waals surface area contributed by atoms with Crippen LogP contribution in [0.4, 0.5) is 5.69 Å². The third kappa shape index (κ3) is 4.38. The molecule has 0 fully saturated rings. The second kappa shape index (κ2) is 8.92. The van der Waals surface area contributed by atoms with Gasteiger partial charge in [-0.3, -0.25) is 9.59 Å². The lowest BCUT2D eigenvalue weighted by atomic mass is 10.0. The zero-order chi connectivity index (χ0) is 21.8. The first-order valence-electron chi connectivity index (χ1n) is 10.1. The number of rotatable bonds is 7. The first-order valence-corrected chi connectivity index (χ1v) is 10.1. The number of ether oxygens (including phenoxy) is 2. The smallest absolute Gasteiger partial charge is 0.255 e. The Hall–Kier alpha value is -3.80. The summed E-state index contributed by atoms with van der Waals surface area (Å²) in [5.74, 6) is 1.21. The minimum atomic E-state index is -0.399. The van der Waals surface area contributed by atoms with Gasteiger partial charge in [0.05, 0.1) is 26.7 Å². The summed E-state index contributed by atoms with van der Waals surface area (Å²) in [6.45, 7) is 0.474. The van der Waals surface area contributed by atoms with Crippen molar-refractivity contribution in [3.8, 4) is 11.5 Å². The lowest BCUT2D eigenvalue weighted by Crippen LogP contribution is -2.32. The fraction of sp³-hybridized carbons (Fsp3) is 0.200. The zero-order valence-electron chi connectivity index (χ0n) is 17.5. The van der Waals surface area contributed by atoms with E-state index in [1.807, 2.05) is 48.5 Å². The number of anilines is 1. The third-order valence-electron chi connectivity index (χ3n) is 5.48. The van der Waals surface area contributed by atoms with E-state index in [4.69, 9.17) is 9.47 Å². The largest absolute Gasteiger partial charge is 0.497 e. The number of nitrogens with zero attached hydrogens (tertiary/aromatic N) is 1. The van der Waals surface area contributed by atoms with Crippen molar-refractivity contribution in [2.45, 2.75) is 19.0 Å². The van der Waals surface area contributed by atoms with Crippen molar-refractivity contribution in [1.82, 2.24) is 4.90 Å². The van der Waals surface area contributed by atoms with Crippen molar-refractivity contribution in [1.29, 1.82) is 0 Å². The van der Waals surface area contributed by atoms with Gasteiger partial charge in [-0.15, -0.1) is 0 Å². The molecule has 0 aromatic heterocycles. The Morgan fingerprint density at radius 2 is 1.55 bits per heavy atom. The van der Waals surface area contributed by atoms with Gasteiger partial charge in [-0.25, -0.2) is 0 Å². The van der Waals surface area contributed by atoms with Crippen molar-refractivity contribution in [2.75, 3.05) is 19.5 Å². The Bertz CT molecular complexity index is 1080. The van der Waals surface area contributed by atoms with Gasteiger partial charge in [-0.2, -0.15) is 0 Å². The van der Waals surface area contributed by atoms with Gasteiger partial charge < -0.3 is 19.7 Å². The van der Waals surface area contributed by atoms with Gasteiger partial charge in [-0.1, -0.05) is 30.3 Å². The van der Waals surface area contributed by atoms with Crippen LogP contribution in [0, 0.1) is 0 Å². The van der Waals surface area contributed by atoms with E-state index in [0.29, 0.717) is 17.8 Å². The van der Waals surface area contributed by atoms with Crippen molar-refractivity contribution >= 4 is 17.5 Å². The SMILES string of the molecule is COc1ccc(NC(=O)C[C@@H](c2ccc(OC)cc2)N2Cc3ccccc3C2=O)cc1. The molecule has 0 saturated carbocycles. The molecule has 0 radical (unpaired) electrons. The van der Waals surface area contributed by atoms with E-state index in [-0.39, 0.29) is 18.2 Å². The number of fused-ring (bicyclic) bond motifs is 1. The summed E-state index contributed by atoms with van der Waals surface area (Å²) >= 11 is 0. The van der Waals surface area contributed by atoms with E-state index in [0.717, 1.165) is 22.6 Å². The number of benzene rings is 3. The Balaban J connectivity index is 1.57. The topological polar surface area (TPSA) is 67.9 Å². The molecule has 1 aliphatic rings. The zero-order valence-corrected chi connectivity index (χ0v) is 17.5. The van der Waals surface area contributed by atoms with Gasteiger partial charge in [0.2, 0.25) is 5.91 Å². The summed E-state index contributed by atoms with van der Waals surface area (Å²) in [6, 6.07) is 21.8. The highest BCUT2D eigenvalue weighted by atomic mass is 16.5. The van der Waals surface area contributed by atoms with E-state index < -0.39 is 6.04 Å². The van der Waals surface area contributed by atoms with Crippen LogP contribution in [0.1, 0.15) is 33.9 Å². The molecular weight excluding hydrogens is 392 g/mol. The maximum atomic E-state index is 13.1. The first kappa shape index (κ1) is 20.5. The van der Waals surface area contributed by atoms with Gasteiger partial charge in [0, 0.05) is 17.8 Å². The molecule has 3 aromatic rings. The summed E-state index contributed by atoms with van der Waals surface area (Å²) in [4.78, 5) is 27.8. The second-order valence-electron chi connectivity index (χ2n) is 7.36. The van der Waals surface area contributed by atoms with Crippen LogP contribution < -0.4 is 14.8 Å². The lowest BCUT2D eigenvalue weighted by molar-refractivity contribution is -0.117. The summed E-state index contributed by atoms with van der Waals surface area (Å²) < 4.78 is 10.4. The molecule has 4 rings (SSSR count). The predicted octanol–water partition coefficient (Wildman–Crippen LogP) is 4.43. The number of carbonyl (C=O) groups is 2. The summed E-state index contributed by atoms with van der Waals surface area (Å²) in [7, 11) is 3.20. The standard InChI is InChI=1S/C25H24N2O4/c1-30-20-11-7-17(8-12-20)23(27-16-18-5-3-4-6-22(18)25(27)29)15-24(28)26-19-9-13-21(31-2)14-10-19/h3-14,23H,15-16H2,1-2H3,(H,26,28)/t23-/m0/s1. The van der Waals surface area contributed by atoms with Crippen LogP contribution >= 0.6 is 0 Å². The predicted molar refractivity (Wildman–Crippen MR) is 118 cm³/mol. The van der Waals surface area contributed by atoms with Crippen LogP contribution in [-0.2, 0) is 11.3 Å². The van der Waals surface area contributed by atoms with Crippen LogP contribution in [-0.4, -0.2) is 30.9 Å². The molecule has 0 bridgehead atoms. The molecule has 0 spiro atoms. The third-order valence-corrected chi connectivity index (χ3v) is 5.48. The average molecular weight is 416 g/mol. The van der Waals surface area contributed by atoms with Crippen LogP contribution in [0.3, 0.4) is 0 Å². The highest BCUT2D eigenvalue weighted by molar-refractivity contribution is 5.99. The number of methoxy groups -OCH3 is 2. The monoisotopic (exact) mass is 416 g/mol. The minimum Gasteiger partial charge on any atom is -0.497 e.